The van der Waals surface area contributed by atoms with Crippen LogP contribution >= 0.6 is 11.3 Å². The van der Waals surface area contributed by atoms with Crippen LogP contribution in [0.4, 0.5) is 5.13 Å². The van der Waals surface area contributed by atoms with Crippen LogP contribution in [0, 0.1) is 6.92 Å². The summed E-state index contributed by atoms with van der Waals surface area (Å²) >= 11 is 1.47. The van der Waals surface area contributed by atoms with Gasteiger partial charge in [-0.15, -0.1) is 0 Å². The van der Waals surface area contributed by atoms with Gasteiger partial charge >= 0.3 is 0 Å². The van der Waals surface area contributed by atoms with Crippen molar-refractivity contribution in [2.24, 2.45) is 0 Å². The molecular formula is C28H38N4O4S2. The average Bonchev–Trinajstić information content (AvgIpc) is 3.37. The smallest absolute Gasteiger partial charge is 0.260 e. The normalized spacial score (nSPS) is 16.7. The molecule has 1 amide bonds. The van der Waals surface area contributed by atoms with Crippen LogP contribution < -0.4 is 9.64 Å². The number of aromatic nitrogens is 1. The molecule has 0 spiro atoms. The van der Waals surface area contributed by atoms with E-state index in [9.17, 15) is 13.2 Å². The first-order valence-corrected chi connectivity index (χ1v) is 15.6. The van der Waals surface area contributed by atoms with E-state index in [1.54, 1.807) is 40.6 Å². The first-order valence-electron chi connectivity index (χ1n) is 13.3. The van der Waals surface area contributed by atoms with E-state index in [4.69, 9.17) is 9.72 Å². The second-order valence-electron chi connectivity index (χ2n) is 9.73. The molecule has 8 nitrogen and oxygen atoms in total. The lowest BCUT2D eigenvalue weighted by atomic mass is 10.1. The van der Waals surface area contributed by atoms with Gasteiger partial charge in [0.2, 0.25) is 10.0 Å². The van der Waals surface area contributed by atoms with Crippen molar-refractivity contribution in [1.82, 2.24) is 14.2 Å². The summed E-state index contributed by atoms with van der Waals surface area (Å²) in [7, 11) is -1.99. The summed E-state index contributed by atoms with van der Waals surface area (Å²) in [4.78, 5) is 22.9. The molecule has 1 unspecified atom stereocenters. The Hall–Kier alpha value is -2.53. The van der Waals surface area contributed by atoms with Crippen molar-refractivity contribution in [2.45, 2.75) is 57.9 Å². The summed E-state index contributed by atoms with van der Waals surface area (Å²) in [5, 5.41) is 0.601. The van der Waals surface area contributed by atoms with Gasteiger partial charge in [0, 0.05) is 31.2 Å². The molecule has 1 aliphatic rings. The van der Waals surface area contributed by atoms with Crippen molar-refractivity contribution < 1.29 is 17.9 Å². The number of carbonyl (C=O) groups is 1. The molecular weight excluding hydrogens is 520 g/mol. The molecule has 38 heavy (non-hydrogen) atoms. The molecule has 206 valence electrons. The Morgan fingerprint density at radius 3 is 2.45 bits per heavy atom. The zero-order valence-corrected chi connectivity index (χ0v) is 24.6. The highest BCUT2D eigenvalue weighted by Crippen LogP contribution is 2.37. The first kappa shape index (κ1) is 28.5. The van der Waals surface area contributed by atoms with Gasteiger partial charge < -0.3 is 9.64 Å². The number of ether oxygens (including phenoxy) is 1. The number of amides is 1. The highest BCUT2D eigenvalue weighted by molar-refractivity contribution is 7.89. The van der Waals surface area contributed by atoms with Gasteiger partial charge in [0.25, 0.3) is 5.91 Å². The number of benzene rings is 2. The fourth-order valence-electron chi connectivity index (χ4n) is 4.93. The van der Waals surface area contributed by atoms with Crippen LogP contribution in [0.3, 0.4) is 0 Å². The molecule has 1 aliphatic heterocycles. The first-order chi connectivity index (χ1) is 18.2. The van der Waals surface area contributed by atoms with Crippen molar-refractivity contribution in [3.63, 3.8) is 0 Å². The van der Waals surface area contributed by atoms with E-state index in [2.05, 4.69) is 18.7 Å². The van der Waals surface area contributed by atoms with Crippen LogP contribution in [0.15, 0.2) is 41.3 Å². The highest BCUT2D eigenvalue weighted by Gasteiger charge is 2.31. The largest absolute Gasteiger partial charge is 0.494 e. The molecule has 0 aliphatic carbocycles. The Labute approximate surface area is 230 Å². The Morgan fingerprint density at radius 1 is 1.11 bits per heavy atom. The third kappa shape index (κ3) is 5.73. The van der Waals surface area contributed by atoms with Crippen molar-refractivity contribution >= 4 is 42.6 Å². The molecule has 0 bridgehead atoms. The summed E-state index contributed by atoms with van der Waals surface area (Å²) in [6.07, 6.45) is 2.78. The molecule has 1 atom stereocenters. The number of methoxy groups -OCH3 is 1. The zero-order valence-electron chi connectivity index (χ0n) is 22.9. The Balaban J connectivity index is 1.67. The molecule has 1 fully saturated rings. The van der Waals surface area contributed by atoms with Crippen molar-refractivity contribution in [2.75, 3.05) is 44.7 Å². The zero-order chi connectivity index (χ0) is 27.4. The van der Waals surface area contributed by atoms with Gasteiger partial charge in [-0.3, -0.25) is 9.69 Å². The average molecular weight is 559 g/mol. The van der Waals surface area contributed by atoms with Gasteiger partial charge in [-0.25, -0.2) is 13.4 Å². The summed E-state index contributed by atoms with van der Waals surface area (Å²) in [5.41, 5.74) is 2.24. The van der Waals surface area contributed by atoms with Crippen molar-refractivity contribution in [3.8, 4) is 5.75 Å². The number of hydrogen-bond acceptors (Lipinski definition) is 7. The molecule has 1 aromatic heterocycles. The number of hydrogen-bond donors (Lipinski definition) is 0. The van der Waals surface area contributed by atoms with E-state index in [1.807, 2.05) is 26.0 Å². The lowest BCUT2D eigenvalue weighted by Crippen LogP contribution is -2.42. The Kier molecular flexibility index (Phi) is 9.07. The van der Waals surface area contributed by atoms with E-state index >= 15 is 0 Å². The van der Waals surface area contributed by atoms with E-state index < -0.39 is 10.0 Å². The number of likely N-dealkylation sites (N-methyl/N-ethyl adjacent to an activating group) is 1. The van der Waals surface area contributed by atoms with Gasteiger partial charge in [-0.1, -0.05) is 37.7 Å². The van der Waals surface area contributed by atoms with Crippen molar-refractivity contribution in [3.05, 3.63) is 47.5 Å². The number of thiazole rings is 1. The van der Waals surface area contributed by atoms with E-state index in [1.165, 1.54) is 11.3 Å². The minimum absolute atomic E-state index is 0.0230. The summed E-state index contributed by atoms with van der Waals surface area (Å²) in [5.74, 6) is 0.467. The van der Waals surface area contributed by atoms with E-state index in [-0.39, 0.29) is 16.8 Å². The van der Waals surface area contributed by atoms with Gasteiger partial charge in [-0.2, -0.15) is 4.31 Å². The van der Waals surface area contributed by atoms with Gasteiger partial charge in [0.05, 0.1) is 16.7 Å². The molecule has 0 saturated carbocycles. The fraction of sp³-hybridized carbons (Fsp3) is 0.500. The molecule has 1 saturated heterocycles. The van der Waals surface area contributed by atoms with Crippen LogP contribution in [0.5, 0.6) is 5.75 Å². The molecule has 3 aromatic rings. The summed E-state index contributed by atoms with van der Waals surface area (Å²) in [6.45, 7) is 11.6. The maximum Gasteiger partial charge on any atom is 0.260 e. The minimum atomic E-state index is -3.61. The number of carbonyl (C=O) groups excluding carboxylic acids is 1. The number of nitrogens with zero attached hydrogens (tertiary/aromatic N) is 4. The summed E-state index contributed by atoms with van der Waals surface area (Å²) in [6, 6.07) is 10.2. The fourth-order valence-corrected chi connectivity index (χ4v) is 7.71. The number of sulfonamides is 1. The predicted molar refractivity (Wildman–Crippen MR) is 154 cm³/mol. The second-order valence-corrected chi connectivity index (χ2v) is 12.6. The third-order valence-corrected chi connectivity index (χ3v) is 10.6. The number of aryl methyl sites for hydroxylation is 1. The van der Waals surface area contributed by atoms with Crippen LogP contribution in [-0.4, -0.2) is 74.4 Å². The molecule has 4 rings (SSSR count). The molecule has 10 heteroatoms. The molecule has 0 radical (unpaired) electrons. The van der Waals surface area contributed by atoms with E-state index in [0.717, 1.165) is 48.1 Å². The Morgan fingerprint density at radius 2 is 1.82 bits per heavy atom. The van der Waals surface area contributed by atoms with Gasteiger partial charge in [0.1, 0.15) is 11.3 Å². The second kappa shape index (κ2) is 12.1. The van der Waals surface area contributed by atoms with Crippen LogP contribution in [0.25, 0.3) is 10.2 Å². The lowest BCUT2D eigenvalue weighted by Gasteiger charge is -2.32. The van der Waals surface area contributed by atoms with Gasteiger partial charge in [-0.05, 0) is 75.7 Å². The number of anilines is 1. The number of rotatable bonds is 10. The van der Waals surface area contributed by atoms with E-state index in [0.29, 0.717) is 36.1 Å². The third-order valence-electron chi connectivity index (χ3n) is 7.37. The SMILES string of the molecule is CCN(CC)CCN(C(=O)c1ccc(S(=O)(=O)N2CCCCC2C)cc1)c1nc2c(OC)ccc(C)c2s1. The minimum Gasteiger partial charge on any atom is -0.494 e. The lowest BCUT2D eigenvalue weighted by molar-refractivity contribution is 0.0983. The highest BCUT2D eigenvalue weighted by atomic mass is 32.2. The molecule has 2 aromatic carbocycles. The molecule has 2 heterocycles. The summed E-state index contributed by atoms with van der Waals surface area (Å²) < 4.78 is 34.6. The maximum absolute atomic E-state index is 13.8. The predicted octanol–water partition coefficient (Wildman–Crippen LogP) is 5.17. The van der Waals surface area contributed by atoms with Gasteiger partial charge in [0.15, 0.2) is 5.13 Å². The topological polar surface area (TPSA) is 83.1 Å². The number of fused-ring (bicyclic) bond motifs is 1. The molecule has 0 N–H and O–H groups in total. The quantitative estimate of drug-likeness (QED) is 0.342. The van der Waals surface area contributed by atoms with Crippen LogP contribution in [0.2, 0.25) is 0 Å². The monoisotopic (exact) mass is 558 g/mol. The number of piperidine rings is 1. The maximum atomic E-state index is 13.8. The van der Waals surface area contributed by atoms with Crippen molar-refractivity contribution in [1.29, 1.82) is 0 Å². The standard InChI is InChI=1S/C28H38N4O4S2/c1-6-30(7-2)18-19-31(28-29-25-24(36-5)16-11-20(3)26(25)37-28)27(33)22-12-14-23(15-13-22)38(34,35)32-17-9-8-10-21(32)4/h11-16,21H,6-10,17-19H2,1-5H3. The van der Waals surface area contributed by atoms with Crippen LogP contribution in [0.1, 0.15) is 56.0 Å². The Bertz CT molecular complexity index is 1370. The van der Waals surface area contributed by atoms with Crippen LogP contribution in [-0.2, 0) is 10.0 Å².